The molecule has 1 aliphatic rings. The van der Waals surface area contributed by atoms with E-state index in [9.17, 15) is 9.59 Å². The Balaban J connectivity index is 1.87. The summed E-state index contributed by atoms with van der Waals surface area (Å²) in [6.07, 6.45) is 1.33. The van der Waals surface area contributed by atoms with Crippen molar-refractivity contribution >= 4 is 57.1 Å². The van der Waals surface area contributed by atoms with E-state index in [0.717, 1.165) is 10.8 Å². The van der Waals surface area contributed by atoms with Gasteiger partial charge in [-0.15, -0.1) is 22.9 Å². The molecule has 1 N–H and O–H groups in total. The highest BCUT2D eigenvalue weighted by atomic mass is 35.5. The van der Waals surface area contributed by atoms with Crippen LogP contribution < -0.4 is 5.32 Å². The van der Waals surface area contributed by atoms with E-state index < -0.39 is 0 Å². The van der Waals surface area contributed by atoms with Crippen LogP contribution in [0.1, 0.15) is 27.2 Å². The van der Waals surface area contributed by atoms with Gasteiger partial charge in [0.25, 0.3) is 0 Å². The van der Waals surface area contributed by atoms with Crippen molar-refractivity contribution in [1.29, 1.82) is 0 Å². The molecule has 3 rings (SSSR count). The molecule has 1 aliphatic heterocycles. The molecule has 1 amide bonds. The first-order valence-electron chi connectivity index (χ1n) is 8.02. The van der Waals surface area contributed by atoms with Crippen molar-refractivity contribution in [3.05, 3.63) is 51.4 Å². The molecule has 136 valence electrons. The first-order valence-corrected chi connectivity index (χ1v) is 9.75. The Morgan fingerprint density at radius 2 is 2.04 bits per heavy atom. The van der Waals surface area contributed by atoms with Gasteiger partial charge in [-0.05, 0) is 24.6 Å². The highest BCUT2D eigenvalue weighted by molar-refractivity contribution is 7.16. The number of nitrogens with one attached hydrogen (secondary N) is 1. The van der Waals surface area contributed by atoms with Gasteiger partial charge in [-0.3, -0.25) is 14.6 Å². The van der Waals surface area contributed by atoms with E-state index in [1.807, 2.05) is 0 Å². The van der Waals surface area contributed by atoms with E-state index >= 15 is 0 Å². The summed E-state index contributed by atoms with van der Waals surface area (Å²) in [5, 5.41) is 3.55. The minimum atomic E-state index is -0.364. The molecule has 1 aromatic carbocycles. The highest BCUT2D eigenvalue weighted by Crippen LogP contribution is 2.32. The Kier molecular flexibility index (Phi) is 6.29. The Bertz CT molecular complexity index is 864. The van der Waals surface area contributed by atoms with Gasteiger partial charge in [0.05, 0.1) is 17.1 Å². The number of benzene rings is 1. The number of anilines is 1. The van der Waals surface area contributed by atoms with Crippen LogP contribution in [0.2, 0.25) is 5.02 Å². The second-order valence-corrected chi connectivity index (χ2v) is 7.38. The molecule has 0 spiro atoms. The van der Waals surface area contributed by atoms with Crippen LogP contribution in [0.15, 0.2) is 35.3 Å². The zero-order chi connectivity index (χ0) is 18.5. The van der Waals surface area contributed by atoms with E-state index in [0.29, 0.717) is 47.1 Å². The first-order chi connectivity index (χ1) is 12.6. The summed E-state index contributed by atoms with van der Waals surface area (Å²) in [4.78, 5) is 29.9. The van der Waals surface area contributed by atoms with E-state index in [-0.39, 0.29) is 17.6 Å². The Morgan fingerprint density at radius 1 is 1.23 bits per heavy atom. The molecule has 2 heterocycles. The number of rotatable bonds is 7. The molecule has 0 saturated heterocycles. The van der Waals surface area contributed by atoms with Gasteiger partial charge in [-0.2, -0.15) is 0 Å². The largest absolute Gasteiger partial charge is 0.479 e. The summed E-state index contributed by atoms with van der Waals surface area (Å²) in [5.74, 6) is -0.0599. The maximum absolute atomic E-state index is 12.9. The number of ether oxygens (including phenoxy) is 1. The molecule has 5 nitrogen and oxygen atoms in total. The molecule has 2 aromatic rings. The molecule has 0 bridgehead atoms. The number of alkyl halides is 1. The Hall–Kier alpha value is -1.89. The van der Waals surface area contributed by atoms with Gasteiger partial charge in [0, 0.05) is 16.9 Å². The number of hydrogen-bond acceptors (Lipinski definition) is 5. The number of thiophene rings is 1. The van der Waals surface area contributed by atoms with Gasteiger partial charge in [-0.25, -0.2) is 0 Å². The summed E-state index contributed by atoms with van der Waals surface area (Å²) in [6, 6.07) is 8.62. The number of nitrogens with zero attached hydrogens (tertiary/aromatic N) is 1. The number of halogens is 2. The monoisotopic (exact) mass is 410 g/mol. The normalized spacial score (nSPS) is 13.2. The van der Waals surface area contributed by atoms with Crippen molar-refractivity contribution in [2.45, 2.75) is 12.8 Å². The molecule has 26 heavy (non-hydrogen) atoms. The lowest BCUT2D eigenvalue weighted by Gasteiger charge is -2.05. The van der Waals surface area contributed by atoms with Crippen molar-refractivity contribution in [3.8, 4) is 0 Å². The molecule has 0 fully saturated rings. The van der Waals surface area contributed by atoms with Crippen LogP contribution >= 0.6 is 34.5 Å². The molecule has 0 atom stereocenters. The lowest BCUT2D eigenvalue weighted by molar-refractivity contribution is -0.113. The van der Waals surface area contributed by atoms with Crippen molar-refractivity contribution < 1.29 is 14.3 Å². The highest BCUT2D eigenvalue weighted by Gasteiger charge is 2.21. The third-order valence-electron chi connectivity index (χ3n) is 3.75. The van der Waals surface area contributed by atoms with E-state index in [1.165, 1.54) is 11.3 Å². The molecule has 0 unspecified atom stereocenters. The molecule has 0 aliphatic carbocycles. The Labute approximate surface area is 165 Å². The summed E-state index contributed by atoms with van der Waals surface area (Å²) < 4.78 is 5.41. The second kappa shape index (κ2) is 8.66. The van der Waals surface area contributed by atoms with Crippen LogP contribution in [0.3, 0.4) is 0 Å². The van der Waals surface area contributed by atoms with Crippen LogP contribution in [-0.2, 0) is 16.0 Å². The van der Waals surface area contributed by atoms with Crippen molar-refractivity contribution in [2.24, 2.45) is 4.99 Å². The molecule has 1 aromatic heterocycles. The van der Waals surface area contributed by atoms with Crippen molar-refractivity contribution in [2.75, 3.05) is 24.3 Å². The average Bonchev–Trinajstić information content (AvgIpc) is 3.29. The molecule has 0 saturated carbocycles. The van der Waals surface area contributed by atoms with Crippen molar-refractivity contribution in [1.82, 2.24) is 0 Å². The summed E-state index contributed by atoms with van der Waals surface area (Å²) in [6.45, 7) is 1.31. The lowest BCUT2D eigenvalue weighted by atomic mass is 10.0. The van der Waals surface area contributed by atoms with Gasteiger partial charge >= 0.3 is 0 Å². The number of carbonyl (C=O) groups is 2. The third kappa shape index (κ3) is 4.44. The SMILES string of the molecule is O=C(CCl)Nc1sc(CCC2=NCCO2)cc1C(=O)c1ccccc1Cl. The predicted octanol–water partition coefficient (Wildman–Crippen LogP) is 4.17. The fourth-order valence-electron chi connectivity index (χ4n) is 2.54. The zero-order valence-electron chi connectivity index (χ0n) is 13.8. The molecular weight excluding hydrogens is 395 g/mol. The maximum Gasteiger partial charge on any atom is 0.239 e. The summed E-state index contributed by atoms with van der Waals surface area (Å²) in [7, 11) is 0. The van der Waals surface area contributed by atoms with Gasteiger partial charge in [0.1, 0.15) is 17.5 Å². The van der Waals surface area contributed by atoms with Crippen LogP contribution in [0, 0.1) is 0 Å². The van der Waals surface area contributed by atoms with E-state index in [1.54, 1.807) is 30.3 Å². The number of ketones is 1. The van der Waals surface area contributed by atoms with Gasteiger partial charge < -0.3 is 10.1 Å². The maximum atomic E-state index is 12.9. The number of aryl methyl sites for hydroxylation is 1. The molecular formula is C18H16Cl2N2O3S. The van der Waals surface area contributed by atoms with Crippen molar-refractivity contribution in [3.63, 3.8) is 0 Å². The van der Waals surface area contributed by atoms with Crippen LogP contribution in [-0.4, -0.2) is 36.6 Å². The summed E-state index contributed by atoms with van der Waals surface area (Å²) in [5.41, 5.74) is 0.800. The smallest absolute Gasteiger partial charge is 0.239 e. The van der Waals surface area contributed by atoms with Crippen LogP contribution in [0.5, 0.6) is 0 Å². The Morgan fingerprint density at radius 3 is 2.73 bits per heavy atom. The number of hydrogen-bond donors (Lipinski definition) is 1. The third-order valence-corrected chi connectivity index (χ3v) is 5.44. The van der Waals surface area contributed by atoms with E-state index in [2.05, 4.69) is 10.3 Å². The van der Waals surface area contributed by atoms with Gasteiger partial charge in [0.2, 0.25) is 5.91 Å². The fraction of sp³-hybridized carbons (Fsp3) is 0.278. The minimum Gasteiger partial charge on any atom is -0.479 e. The molecule has 0 radical (unpaired) electrons. The first kappa shape index (κ1) is 18.9. The van der Waals surface area contributed by atoms with Gasteiger partial charge in [0.15, 0.2) is 11.7 Å². The topological polar surface area (TPSA) is 67.8 Å². The molecule has 8 heteroatoms. The second-order valence-electron chi connectivity index (χ2n) is 5.57. The van der Waals surface area contributed by atoms with Gasteiger partial charge in [-0.1, -0.05) is 23.7 Å². The average molecular weight is 411 g/mol. The fourth-order valence-corrected chi connectivity index (χ4v) is 3.90. The number of aliphatic imine (C=N–C) groups is 1. The van der Waals surface area contributed by atoms with Crippen LogP contribution in [0.4, 0.5) is 5.00 Å². The van der Waals surface area contributed by atoms with Crippen LogP contribution in [0.25, 0.3) is 0 Å². The van der Waals surface area contributed by atoms with E-state index in [4.69, 9.17) is 27.9 Å². The number of carbonyl (C=O) groups excluding carboxylic acids is 2. The summed E-state index contributed by atoms with van der Waals surface area (Å²) >= 11 is 13.1. The predicted molar refractivity (Wildman–Crippen MR) is 105 cm³/mol. The quantitative estimate of drug-likeness (QED) is 0.549. The zero-order valence-corrected chi connectivity index (χ0v) is 16.1. The number of amides is 1. The lowest BCUT2D eigenvalue weighted by Crippen LogP contribution is -2.14. The minimum absolute atomic E-state index is 0.183. The standard InChI is InChI=1S/C18H16Cl2N2O3S/c19-10-15(23)22-18-13(17(24)12-3-1-2-4-14(12)20)9-11(26-18)5-6-16-21-7-8-25-16/h1-4,9H,5-8,10H2,(H,22,23).